The first-order chi connectivity index (χ1) is 9.59. The quantitative estimate of drug-likeness (QED) is 0.769. The molecule has 6 heteroatoms. The van der Waals surface area contributed by atoms with Crippen LogP contribution in [0.1, 0.15) is 18.4 Å². The fraction of sp³-hybridized carbons (Fsp3) is 0.429. The number of hydrogen-bond acceptors (Lipinski definition) is 3. The monoisotopic (exact) mass is 278 g/mol. The first-order valence-electron chi connectivity index (χ1n) is 6.63. The molecule has 6 nitrogen and oxygen atoms in total. The molecule has 2 amide bonds. The Labute approximate surface area is 117 Å². The van der Waals surface area contributed by atoms with E-state index in [1.165, 1.54) is 0 Å². The Bertz CT molecular complexity index is 504. The lowest BCUT2D eigenvalue weighted by Crippen LogP contribution is -2.45. The minimum atomic E-state index is -1.58. The number of hydrogen-bond donors (Lipinski definition) is 3. The summed E-state index contributed by atoms with van der Waals surface area (Å²) in [5.41, 5.74) is 1.96. The maximum Gasteiger partial charge on any atom is 0.334 e. The van der Waals surface area contributed by atoms with E-state index in [2.05, 4.69) is 5.32 Å². The van der Waals surface area contributed by atoms with Gasteiger partial charge in [-0.3, -0.25) is 4.90 Å². The number of urea groups is 1. The largest absolute Gasteiger partial charge is 0.479 e. The Morgan fingerprint density at radius 3 is 2.80 bits per heavy atom. The van der Waals surface area contributed by atoms with Crippen LogP contribution in [0.4, 0.5) is 10.5 Å². The predicted molar refractivity (Wildman–Crippen MR) is 73.8 cm³/mol. The summed E-state index contributed by atoms with van der Waals surface area (Å²) < 4.78 is 0. The molecule has 0 aliphatic carbocycles. The van der Waals surface area contributed by atoms with Gasteiger partial charge in [-0.05, 0) is 30.9 Å². The zero-order chi connectivity index (χ0) is 14.5. The number of carbonyl (C=O) groups excluding carboxylic acids is 1. The second kappa shape index (κ2) is 6.38. The van der Waals surface area contributed by atoms with E-state index in [9.17, 15) is 14.7 Å². The Morgan fingerprint density at radius 2 is 2.05 bits per heavy atom. The topological polar surface area (TPSA) is 89.9 Å². The van der Waals surface area contributed by atoms with Gasteiger partial charge in [-0.1, -0.05) is 18.2 Å². The van der Waals surface area contributed by atoms with Crippen molar-refractivity contribution < 1.29 is 19.8 Å². The van der Waals surface area contributed by atoms with Gasteiger partial charge >= 0.3 is 12.0 Å². The summed E-state index contributed by atoms with van der Waals surface area (Å²) in [4.78, 5) is 24.3. The molecule has 20 heavy (non-hydrogen) atoms. The highest BCUT2D eigenvalue weighted by atomic mass is 16.4. The summed E-state index contributed by atoms with van der Waals surface area (Å²) >= 11 is 0. The summed E-state index contributed by atoms with van der Waals surface area (Å²) in [6.07, 6.45) is 1.25. The number of nitrogens with zero attached hydrogens (tertiary/aromatic N) is 1. The number of aliphatic hydroxyl groups is 1. The number of fused-ring (bicyclic) bond motifs is 1. The molecule has 1 atom stereocenters. The summed E-state index contributed by atoms with van der Waals surface area (Å²) in [5, 5.41) is 20.2. The molecule has 3 N–H and O–H groups in total. The van der Waals surface area contributed by atoms with Crippen molar-refractivity contribution in [3.8, 4) is 0 Å². The van der Waals surface area contributed by atoms with E-state index in [0.717, 1.165) is 30.5 Å². The summed E-state index contributed by atoms with van der Waals surface area (Å²) in [7, 11) is 0. The summed E-state index contributed by atoms with van der Waals surface area (Å²) in [6.45, 7) is 0.291. The molecule has 0 saturated carbocycles. The van der Waals surface area contributed by atoms with Crippen molar-refractivity contribution in [1.29, 1.82) is 0 Å². The van der Waals surface area contributed by atoms with E-state index >= 15 is 0 Å². The zero-order valence-corrected chi connectivity index (χ0v) is 11.1. The number of nitrogens with one attached hydrogen (secondary N) is 1. The van der Waals surface area contributed by atoms with Crippen LogP contribution in [0.5, 0.6) is 0 Å². The second-order valence-electron chi connectivity index (χ2n) is 4.78. The Kier molecular flexibility index (Phi) is 4.57. The normalized spacial score (nSPS) is 15.9. The van der Waals surface area contributed by atoms with Crippen LogP contribution in [0.15, 0.2) is 24.3 Å². The Balaban J connectivity index is 2.08. The lowest BCUT2D eigenvalue weighted by molar-refractivity contribution is -0.146. The molecule has 2 rings (SSSR count). The van der Waals surface area contributed by atoms with Crippen molar-refractivity contribution in [2.24, 2.45) is 0 Å². The number of aliphatic carboxylic acids is 1. The molecule has 108 valence electrons. The highest BCUT2D eigenvalue weighted by Crippen LogP contribution is 2.25. The number of carbonyl (C=O) groups is 2. The number of para-hydroxylation sites is 1. The van der Waals surface area contributed by atoms with Crippen molar-refractivity contribution in [1.82, 2.24) is 5.32 Å². The summed E-state index contributed by atoms with van der Waals surface area (Å²) in [6, 6.07) is 7.31. The lowest BCUT2D eigenvalue weighted by atomic mass is 10.1. The fourth-order valence-corrected chi connectivity index (χ4v) is 2.27. The first kappa shape index (κ1) is 14.3. The highest BCUT2D eigenvalue weighted by Gasteiger charge is 2.22. The van der Waals surface area contributed by atoms with Gasteiger partial charge in [0.15, 0.2) is 6.10 Å². The molecular weight excluding hydrogens is 260 g/mol. The van der Waals surface area contributed by atoms with Crippen LogP contribution in [-0.4, -0.2) is 41.4 Å². The molecule has 0 spiro atoms. The SMILES string of the molecule is O=C(O)[C@@H](O)CNC(=O)N1CCCCc2ccccc21. The molecule has 0 fully saturated rings. The Hall–Kier alpha value is -2.08. The van der Waals surface area contributed by atoms with Crippen molar-refractivity contribution in [3.63, 3.8) is 0 Å². The molecule has 1 heterocycles. The number of carboxylic acids is 1. The number of carboxylic acid groups (broad SMARTS) is 1. The smallest absolute Gasteiger partial charge is 0.334 e. The maximum atomic E-state index is 12.2. The van der Waals surface area contributed by atoms with Gasteiger partial charge < -0.3 is 15.5 Å². The van der Waals surface area contributed by atoms with Crippen molar-refractivity contribution in [2.75, 3.05) is 18.0 Å². The molecule has 0 bridgehead atoms. The highest BCUT2D eigenvalue weighted by molar-refractivity contribution is 5.93. The molecule has 1 aliphatic heterocycles. The van der Waals surface area contributed by atoms with E-state index in [0.29, 0.717) is 6.54 Å². The van der Waals surface area contributed by atoms with Gasteiger partial charge in [0.2, 0.25) is 0 Å². The van der Waals surface area contributed by atoms with Crippen LogP contribution in [0.25, 0.3) is 0 Å². The van der Waals surface area contributed by atoms with Crippen LogP contribution in [0, 0.1) is 0 Å². The van der Waals surface area contributed by atoms with Gasteiger partial charge in [-0.25, -0.2) is 9.59 Å². The van der Waals surface area contributed by atoms with E-state index < -0.39 is 12.1 Å². The standard InChI is InChI=1S/C14H18N2O4/c17-12(13(18)19)9-15-14(20)16-8-4-3-6-10-5-1-2-7-11(10)16/h1-2,5,7,12,17H,3-4,6,8-9H2,(H,15,20)(H,18,19)/t12-/m0/s1. The third kappa shape index (κ3) is 3.27. The molecule has 0 radical (unpaired) electrons. The lowest BCUT2D eigenvalue weighted by Gasteiger charge is -2.23. The molecule has 1 aliphatic rings. The third-order valence-electron chi connectivity index (χ3n) is 3.34. The minimum Gasteiger partial charge on any atom is -0.479 e. The molecule has 0 unspecified atom stereocenters. The van der Waals surface area contributed by atoms with E-state index in [4.69, 9.17) is 5.11 Å². The number of aliphatic hydroxyl groups excluding tert-OH is 1. The van der Waals surface area contributed by atoms with Gasteiger partial charge in [-0.2, -0.15) is 0 Å². The number of aryl methyl sites for hydroxylation is 1. The first-order valence-corrected chi connectivity index (χ1v) is 6.63. The molecular formula is C14H18N2O4. The zero-order valence-electron chi connectivity index (χ0n) is 11.1. The van der Waals surface area contributed by atoms with Gasteiger partial charge in [0.1, 0.15) is 0 Å². The number of amides is 2. The molecule has 0 saturated heterocycles. The van der Waals surface area contributed by atoms with Gasteiger partial charge in [0.25, 0.3) is 0 Å². The predicted octanol–water partition coefficient (Wildman–Crippen LogP) is 0.984. The van der Waals surface area contributed by atoms with Gasteiger partial charge in [-0.15, -0.1) is 0 Å². The second-order valence-corrected chi connectivity index (χ2v) is 4.78. The average molecular weight is 278 g/mol. The van der Waals surface area contributed by atoms with Gasteiger partial charge in [0, 0.05) is 12.2 Å². The fourth-order valence-electron chi connectivity index (χ4n) is 2.27. The molecule has 1 aromatic rings. The Morgan fingerprint density at radius 1 is 1.30 bits per heavy atom. The van der Waals surface area contributed by atoms with Crippen molar-refractivity contribution in [2.45, 2.75) is 25.4 Å². The minimum absolute atomic E-state index is 0.299. The van der Waals surface area contributed by atoms with Crippen LogP contribution in [0.2, 0.25) is 0 Å². The summed E-state index contributed by atoms with van der Waals surface area (Å²) in [5.74, 6) is -1.35. The maximum absolute atomic E-state index is 12.2. The number of rotatable bonds is 3. The number of anilines is 1. The van der Waals surface area contributed by atoms with Crippen LogP contribution >= 0.6 is 0 Å². The van der Waals surface area contributed by atoms with Gasteiger partial charge in [0.05, 0.1) is 6.54 Å². The van der Waals surface area contributed by atoms with E-state index in [1.807, 2.05) is 24.3 Å². The van der Waals surface area contributed by atoms with Crippen LogP contribution < -0.4 is 10.2 Å². The van der Waals surface area contributed by atoms with Crippen LogP contribution in [-0.2, 0) is 11.2 Å². The van der Waals surface area contributed by atoms with E-state index in [1.54, 1.807) is 4.90 Å². The van der Waals surface area contributed by atoms with E-state index in [-0.39, 0.29) is 12.6 Å². The number of benzene rings is 1. The molecule has 1 aromatic carbocycles. The van der Waals surface area contributed by atoms with Crippen LogP contribution in [0.3, 0.4) is 0 Å². The average Bonchev–Trinajstić information content (AvgIpc) is 2.66. The van der Waals surface area contributed by atoms with Crippen molar-refractivity contribution >= 4 is 17.7 Å². The molecule has 0 aromatic heterocycles. The van der Waals surface area contributed by atoms with Crippen molar-refractivity contribution in [3.05, 3.63) is 29.8 Å². The third-order valence-corrected chi connectivity index (χ3v) is 3.34.